The molecule has 0 saturated carbocycles. The van der Waals surface area contributed by atoms with Gasteiger partial charge in [0, 0.05) is 24.9 Å². The standard InChI is InChI=1S/C18H27NO3S/c1-22-18-10-16-7-3-6-15(16)9-17(18)12-19-8-4-5-14(11-19)13-23(2,20)21/h9-10,14H,3-8,11-13H2,1-2H3. The first-order valence-electron chi connectivity index (χ1n) is 8.53. The van der Waals surface area contributed by atoms with Crippen LogP contribution in [0, 0.1) is 5.92 Å². The quantitative estimate of drug-likeness (QED) is 0.828. The van der Waals surface area contributed by atoms with Crippen LogP contribution in [0.25, 0.3) is 0 Å². The summed E-state index contributed by atoms with van der Waals surface area (Å²) in [5.74, 6) is 1.56. The van der Waals surface area contributed by atoms with E-state index in [9.17, 15) is 8.42 Å². The lowest BCUT2D eigenvalue weighted by molar-refractivity contribution is 0.176. The summed E-state index contributed by atoms with van der Waals surface area (Å²) >= 11 is 0. The minimum absolute atomic E-state index is 0.263. The lowest BCUT2D eigenvalue weighted by Crippen LogP contribution is -2.37. The fourth-order valence-corrected chi connectivity index (χ4v) is 5.19. The summed E-state index contributed by atoms with van der Waals surface area (Å²) in [4.78, 5) is 2.39. The highest BCUT2D eigenvalue weighted by Gasteiger charge is 2.24. The zero-order valence-electron chi connectivity index (χ0n) is 14.2. The normalized spacial score (nSPS) is 22.1. The largest absolute Gasteiger partial charge is 0.496 e. The van der Waals surface area contributed by atoms with Gasteiger partial charge in [-0.3, -0.25) is 4.90 Å². The molecule has 1 aromatic rings. The molecule has 1 fully saturated rings. The van der Waals surface area contributed by atoms with Crippen LogP contribution in [0.2, 0.25) is 0 Å². The third-order valence-corrected chi connectivity index (χ3v) is 6.11. The number of hydrogen-bond donors (Lipinski definition) is 0. The van der Waals surface area contributed by atoms with E-state index in [1.165, 1.54) is 35.8 Å². The summed E-state index contributed by atoms with van der Waals surface area (Å²) in [7, 11) is -1.15. The first-order chi connectivity index (χ1) is 10.9. The van der Waals surface area contributed by atoms with Crippen molar-refractivity contribution < 1.29 is 13.2 Å². The highest BCUT2D eigenvalue weighted by molar-refractivity contribution is 7.90. The molecule has 0 aromatic heterocycles. The summed E-state index contributed by atoms with van der Waals surface area (Å²) in [5, 5.41) is 0. The van der Waals surface area contributed by atoms with Crippen molar-refractivity contribution in [2.75, 3.05) is 32.2 Å². The van der Waals surface area contributed by atoms with Crippen LogP contribution in [0.1, 0.15) is 36.0 Å². The van der Waals surface area contributed by atoms with Gasteiger partial charge in [0.25, 0.3) is 0 Å². The Morgan fingerprint density at radius 3 is 2.65 bits per heavy atom. The van der Waals surface area contributed by atoms with Crippen molar-refractivity contribution in [3.05, 3.63) is 28.8 Å². The fraction of sp³-hybridized carbons (Fsp3) is 0.667. The molecule has 0 amide bonds. The Morgan fingerprint density at radius 1 is 1.22 bits per heavy atom. The molecule has 0 spiro atoms. The van der Waals surface area contributed by atoms with Crippen LogP contribution in [0.5, 0.6) is 5.75 Å². The fourth-order valence-electron chi connectivity index (χ4n) is 4.07. The van der Waals surface area contributed by atoms with Gasteiger partial charge in [-0.2, -0.15) is 0 Å². The van der Waals surface area contributed by atoms with Gasteiger partial charge in [-0.05, 0) is 61.8 Å². The average Bonchev–Trinajstić information content (AvgIpc) is 2.92. The van der Waals surface area contributed by atoms with Crippen molar-refractivity contribution in [3.63, 3.8) is 0 Å². The number of ether oxygens (including phenoxy) is 1. The molecule has 0 radical (unpaired) electrons. The zero-order valence-corrected chi connectivity index (χ0v) is 15.0. The van der Waals surface area contributed by atoms with E-state index in [4.69, 9.17) is 4.74 Å². The van der Waals surface area contributed by atoms with Gasteiger partial charge in [0.05, 0.1) is 12.9 Å². The Kier molecular flexibility index (Phi) is 4.97. The number of piperidine rings is 1. The number of methoxy groups -OCH3 is 1. The van der Waals surface area contributed by atoms with E-state index in [1.807, 2.05) is 0 Å². The third-order valence-electron chi connectivity index (χ3n) is 5.03. The minimum atomic E-state index is -2.89. The van der Waals surface area contributed by atoms with Gasteiger partial charge in [0.2, 0.25) is 0 Å². The molecule has 0 bridgehead atoms. The van der Waals surface area contributed by atoms with Crippen molar-refractivity contribution in [3.8, 4) is 5.75 Å². The Balaban J connectivity index is 1.71. The number of benzene rings is 1. The Hall–Kier alpha value is -1.07. The number of aryl methyl sites for hydroxylation is 2. The van der Waals surface area contributed by atoms with Gasteiger partial charge in [0.15, 0.2) is 0 Å². The van der Waals surface area contributed by atoms with Gasteiger partial charge in [-0.15, -0.1) is 0 Å². The summed E-state index contributed by atoms with van der Waals surface area (Å²) in [6.45, 7) is 2.77. The third kappa shape index (κ3) is 4.27. The molecule has 1 atom stereocenters. The van der Waals surface area contributed by atoms with Crippen LogP contribution >= 0.6 is 0 Å². The van der Waals surface area contributed by atoms with E-state index in [0.717, 1.165) is 44.6 Å². The summed E-state index contributed by atoms with van der Waals surface area (Å²) in [6.07, 6.45) is 7.01. The monoisotopic (exact) mass is 337 g/mol. The molecule has 1 aliphatic carbocycles. The van der Waals surface area contributed by atoms with Gasteiger partial charge >= 0.3 is 0 Å². The molecule has 1 aliphatic heterocycles. The predicted molar refractivity (Wildman–Crippen MR) is 92.7 cm³/mol. The zero-order chi connectivity index (χ0) is 16.4. The van der Waals surface area contributed by atoms with Crippen LogP contribution in [0.15, 0.2) is 12.1 Å². The second-order valence-electron chi connectivity index (χ2n) is 7.12. The average molecular weight is 337 g/mol. The molecule has 4 nitrogen and oxygen atoms in total. The molecular weight excluding hydrogens is 310 g/mol. The van der Waals surface area contributed by atoms with E-state index in [0.29, 0.717) is 5.75 Å². The maximum Gasteiger partial charge on any atom is 0.147 e. The van der Waals surface area contributed by atoms with Crippen molar-refractivity contribution >= 4 is 9.84 Å². The summed E-state index contributed by atoms with van der Waals surface area (Å²) in [6, 6.07) is 4.51. The predicted octanol–water partition coefficient (Wildman–Crippen LogP) is 2.44. The molecule has 1 saturated heterocycles. The minimum Gasteiger partial charge on any atom is -0.496 e. The lowest BCUT2D eigenvalue weighted by atomic mass is 9.98. The molecule has 1 heterocycles. The van der Waals surface area contributed by atoms with Crippen LogP contribution in [-0.2, 0) is 29.2 Å². The van der Waals surface area contributed by atoms with Gasteiger partial charge in [-0.1, -0.05) is 6.07 Å². The molecule has 0 N–H and O–H groups in total. The van der Waals surface area contributed by atoms with E-state index in [2.05, 4.69) is 17.0 Å². The molecule has 5 heteroatoms. The number of hydrogen-bond acceptors (Lipinski definition) is 4. The second kappa shape index (κ2) is 6.81. The molecule has 128 valence electrons. The highest BCUT2D eigenvalue weighted by Crippen LogP contribution is 2.31. The molecule has 1 aromatic carbocycles. The SMILES string of the molecule is COc1cc2c(cc1CN1CCCC(CS(C)(=O)=O)C1)CCC2. The van der Waals surface area contributed by atoms with Gasteiger partial charge < -0.3 is 4.74 Å². The summed E-state index contributed by atoms with van der Waals surface area (Å²) in [5.41, 5.74) is 4.14. The van der Waals surface area contributed by atoms with Crippen molar-refractivity contribution in [2.45, 2.75) is 38.6 Å². The molecule has 1 unspecified atom stereocenters. The highest BCUT2D eigenvalue weighted by atomic mass is 32.2. The first kappa shape index (κ1) is 16.8. The van der Waals surface area contributed by atoms with Gasteiger partial charge in [0.1, 0.15) is 15.6 Å². The number of likely N-dealkylation sites (tertiary alicyclic amines) is 1. The number of fused-ring (bicyclic) bond motifs is 1. The number of sulfone groups is 1. The maximum atomic E-state index is 11.6. The maximum absolute atomic E-state index is 11.6. The lowest BCUT2D eigenvalue weighted by Gasteiger charge is -2.32. The Morgan fingerprint density at radius 2 is 1.96 bits per heavy atom. The topological polar surface area (TPSA) is 46.6 Å². The molecule has 3 rings (SSSR count). The molecular formula is C18H27NO3S. The first-order valence-corrected chi connectivity index (χ1v) is 10.6. The molecule has 23 heavy (non-hydrogen) atoms. The number of nitrogens with zero attached hydrogens (tertiary/aromatic N) is 1. The smallest absolute Gasteiger partial charge is 0.147 e. The van der Waals surface area contributed by atoms with Crippen LogP contribution in [0.4, 0.5) is 0 Å². The van der Waals surface area contributed by atoms with Crippen molar-refractivity contribution in [1.29, 1.82) is 0 Å². The van der Waals surface area contributed by atoms with E-state index >= 15 is 0 Å². The Bertz CT molecular complexity index is 669. The second-order valence-corrected chi connectivity index (χ2v) is 9.31. The summed E-state index contributed by atoms with van der Waals surface area (Å²) < 4.78 is 28.7. The van der Waals surface area contributed by atoms with Gasteiger partial charge in [-0.25, -0.2) is 8.42 Å². The van der Waals surface area contributed by atoms with E-state index in [-0.39, 0.29) is 5.92 Å². The van der Waals surface area contributed by atoms with Crippen molar-refractivity contribution in [1.82, 2.24) is 4.90 Å². The van der Waals surface area contributed by atoms with Crippen LogP contribution in [0.3, 0.4) is 0 Å². The van der Waals surface area contributed by atoms with Crippen LogP contribution in [-0.4, -0.2) is 45.5 Å². The Labute approximate surface area is 139 Å². The van der Waals surface area contributed by atoms with Crippen LogP contribution < -0.4 is 4.74 Å². The van der Waals surface area contributed by atoms with E-state index < -0.39 is 9.84 Å². The molecule has 2 aliphatic rings. The number of rotatable bonds is 5. The van der Waals surface area contributed by atoms with Crippen molar-refractivity contribution in [2.24, 2.45) is 5.92 Å². The van der Waals surface area contributed by atoms with E-state index in [1.54, 1.807) is 7.11 Å².